The van der Waals surface area contributed by atoms with Gasteiger partial charge in [0.1, 0.15) is 11.5 Å². The van der Waals surface area contributed by atoms with Crippen LogP contribution in [0.2, 0.25) is 5.02 Å². The van der Waals surface area contributed by atoms with E-state index in [1.54, 1.807) is 18.2 Å². The Kier molecular flexibility index (Phi) is 3.75. The number of phenols is 1. The van der Waals surface area contributed by atoms with E-state index in [-0.39, 0.29) is 23.0 Å². The summed E-state index contributed by atoms with van der Waals surface area (Å²) >= 11 is 8.72. The Morgan fingerprint density at radius 1 is 1.54 bits per heavy atom. The molecule has 1 N–H and O–H groups in total. The summed E-state index contributed by atoms with van der Waals surface area (Å²) in [7, 11) is 0. The molecule has 0 aliphatic carbocycles. The van der Waals surface area contributed by atoms with E-state index in [9.17, 15) is 9.90 Å². The van der Waals surface area contributed by atoms with Crippen LogP contribution in [0.1, 0.15) is 5.56 Å². The van der Waals surface area contributed by atoms with Crippen LogP contribution in [0.25, 0.3) is 0 Å². The van der Waals surface area contributed by atoms with Gasteiger partial charge in [-0.25, -0.2) is 0 Å². The van der Waals surface area contributed by atoms with E-state index in [2.05, 4.69) is 15.9 Å². The molecule has 13 heavy (non-hydrogen) atoms. The summed E-state index contributed by atoms with van der Waals surface area (Å²) < 4.78 is 0. The van der Waals surface area contributed by atoms with Gasteiger partial charge in [-0.05, 0) is 6.07 Å². The van der Waals surface area contributed by atoms with Gasteiger partial charge in [0.2, 0.25) is 0 Å². The van der Waals surface area contributed by atoms with Gasteiger partial charge in [0.15, 0.2) is 0 Å². The average molecular weight is 264 g/mol. The molecule has 0 unspecified atom stereocenters. The van der Waals surface area contributed by atoms with Crippen LogP contribution in [0.15, 0.2) is 18.2 Å². The molecular formula is C9H8BrClO2. The van der Waals surface area contributed by atoms with Crippen LogP contribution in [0, 0.1) is 0 Å². The summed E-state index contributed by atoms with van der Waals surface area (Å²) in [5.74, 6) is 0.0102. The minimum atomic E-state index is -0.00142. The highest BCUT2D eigenvalue weighted by Crippen LogP contribution is 2.27. The van der Waals surface area contributed by atoms with E-state index in [1.807, 2.05) is 0 Å². The summed E-state index contributed by atoms with van der Waals surface area (Å²) in [6, 6.07) is 4.97. The second-order valence-corrected chi connectivity index (χ2v) is 3.56. The fourth-order valence-corrected chi connectivity index (χ4v) is 1.35. The van der Waals surface area contributed by atoms with Crippen molar-refractivity contribution in [3.63, 3.8) is 0 Å². The Labute approximate surface area is 89.7 Å². The Balaban J connectivity index is 2.89. The van der Waals surface area contributed by atoms with Crippen molar-refractivity contribution in [2.75, 3.05) is 5.33 Å². The van der Waals surface area contributed by atoms with Crippen LogP contribution in [0.3, 0.4) is 0 Å². The molecule has 0 saturated carbocycles. The highest BCUT2D eigenvalue weighted by Gasteiger charge is 2.08. The third kappa shape index (κ3) is 2.71. The molecule has 0 radical (unpaired) electrons. The fraction of sp³-hybridized carbons (Fsp3) is 0.222. The van der Waals surface area contributed by atoms with E-state index in [4.69, 9.17) is 11.6 Å². The van der Waals surface area contributed by atoms with Gasteiger partial charge in [-0.2, -0.15) is 0 Å². The highest BCUT2D eigenvalue weighted by molar-refractivity contribution is 9.09. The van der Waals surface area contributed by atoms with Gasteiger partial charge in [0.05, 0.1) is 10.4 Å². The standard InChI is InChI=1S/C9H8BrClO2/c10-5-7(12)4-6-2-1-3-8(11)9(6)13/h1-3,13H,4-5H2. The monoisotopic (exact) mass is 262 g/mol. The number of hydrogen-bond acceptors (Lipinski definition) is 2. The van der Waals surface area contributed by atoms with Gasteiger partial charge < -0.3 is 5.11 Å². The molecule has 0 fully saturated rings. The molecule has 0 saturated heterocycles. The number of carbonyl (C=O) groups is 1. The number of rotatable bonds is 3. The first-order chi connectivity index (χ1) is 6.15. The molecule has 1 aromatic carbocycles. The van der Waals surface area contributed by atoms with Crippen LogP contribution < -0.4 is 0 Å². The average Bonchev–Trinajstić information content (AvgIpc) is 2.13. The van der Waals surface area contributed by atoms with Crippen molar-refractivity contribution < 1.29 is 9.90 Å². The summed E-state index contributed by atoms with van der Waals surface area (Å²) in [5, 5.41) is 10.0. The molecule has 0 atom stereocenters. The van der Waals surface area contributed by atoms with Crippen molar-refractivity contribution in [3.05, 3.63) is 28.8 Å². The molecule has 0 heterocycles. The lowest BCUT2D eigenvalue weighted by Crippen LogP contribution is -2.03. The lowest BCUT2D eigenvalue weighted by molar-refractivity contribution is -0.115. The normalized spacial score (nSPS) is 10.0. The van der Waals surface area contributed by atoms with Crippen LogP contribution in [0.5, 0.6) is 5.75 Å². The van der Waals surface area contributed by atoms with Gasteiger partial charge >= 0.3 is 0 Å². The number of alkyl halides is 1. The van der Waals surface area contributed by atoms with Gasteiger partial charge in [0.25, 0.3) is 0 Å². The van der Waals surface area contributed by atoms with Crippen molar-refractivity contribution in [2.24, 2.45) is 0 Å². The highest BCUT2D eigenvalue weighted by atomic mass is 79.9. The molecule has 0 aliphatic rings. The number of carbonyl (C=O) groups excluding carboxylic acids is 1. The maximum absolute atomic E-state index is 11.0. The van der Waals surface area contributed by atoms with Crippen molar-refractivity contribution in [2.45, 2.75) is 6.42 Å². The van der Waals surface area contributed by atoms with E-state index in [0.29, 0.717) is 10.9 Å². The largest absolute Gasteiger partial charge is 0.506 e. The van der Waals surface area contributed by atoms with Crippen molar-refractivity contribution in [1.29, 1.82) is 0 Å². The van der Waals surface area contributed by atoms with Crippen LogP contribution in [0.4, 0.5) is 0 Å². The zero-order chi connectivity index (χ0) is 9.84. The first-order valence-electron chi connectivity index (χ1n) is 3.69. The van der Waals surface area contributed by atoms with Gasteiger partial charge in [-0.15, -0.1) is 0 Å². The second kappa shape index (κ2) is 4.63. The summed E-state index contributed by atoms with van der Waals surface area (Å²) in [6.07, 6.45) is 0.206. The van der Waals surface area contributed by atoms with Crippen LogP contribution >= 0.6 is 27.5 Å². The second-order valence-electron chi connectivity index (χ2n) is 2.60. The Morgan fingerprint density at radius 2 is 2.23 bits per heavy atom. The molecule has 2 nitrogen and oxygen atoms in total. The molecular weight excluding hydrogens is 255 g/mol. The minimum Gasteiger partial charge on any atom is -0.506 e. The minimum absolute atomic E-state index is 0.00142. The number of halogens is 2. The van der Waals surface area contributed by atoms with Gasteiger partial charge in [0, 0.05) is 12.0 Å². The van der Waals surface area contributed by atoms with E-state index in [0.717, 1.165) is 0 Å². The zero-order valence-electron chi connectivity index (χ0n) is 6.76. The maximum Gasteiger partial charge on any atom is 0.147 e. The molecule has 1 aromatic rings. The summed E-state index contributed by atoms with van der Waals surface area (Å²) in [6.45, 7) is 0. The first kappa shape index (κ1) is 10.5. The van der Waals surface area contributed by atoms with Gasteiger partial charge in [-0.3, -0.25) is 4.79 Å². The first-order valence-corrected chi connectivity index (χ1v) is 5.19. The molecule has 4 heteroatoms. The molecule has 0 aliphatic heterocycles. The van der Waals surface area contributed by atoms with Crippen LogP contribution in [-0.2, 0) is 11.2 Å². The van der Waals surface area contributed by atoms with Gasteiger partial charge in [-0.1, -0.05) is 39.7 Å². The topological polar surface area (TPSA) is 37.3 Å². The number of ketones is 1. The summed E-state index contributed by atoms with van der Waals surface area (Å²) in [4.78, 5) is 11.0. The molecule has 0 aromatic heterocycles. The Hall–Kier alpha value is -0.540. The Morgan fingerprint density at radius 3 is 2.85 bits per heavy atom. The molecule has 0 bridgehead atoms. The number of para-hydroxylation sites is 1. The van der Waals surface area contributed by atoms with Crippen molar-refractivity contribution in [1.82, 2.24) is 0 Å². The van der Waals surface area contributed by atoms with E-state index in [1.165, 1.54) is 0 Å². The predicted molar refractivity (Wildman–Crippen MR) is 55.6 cm³/mol. The van der Waals surface area contributed by atoms with E-state index >= 15 is 0 Å². The van der Waals surface area contributed by atoms with E-state index < -0.39 is 0 Å². The quantitative estimate of drug-likeness (QED) is 0.851. The fourth-order valence-electron chi connectivity index (χ4n) is 0.962. The molecule has 0 amide bonds. The maximum atomic E-state index is 11.0. The predicted octanol–water partition coefficient (Wildman–Crippen LogP) is 2.55. The number of aromatic hydroxyl groups is 1. The SMILES string of the molecule is O=C(CBr)Cc1cccc(Cl)c1O. The van der Waals surface area contributed by atoms with Crippen molar-refractivity contribution in [3.8, 4) is 5.75 Å². The van der Waals surface area contributed by atoms with Crippen LogP contribution in [-0.4, -0.2) is 16.2 Å². The molecule has 1 rings (SSSR count). The number of phenolic OH excluding ortho intramolecular Hbond substituents is 1. The summed E-state index contributed by atoms with van der Waals surface area (Å²) in [5.41, 5.74) is 0.567. The smallest absolute Gasteiger partial charge is 0.147 e. The lowest BCUT2D eigenvalue weighted by atomic mass is 10.1. The Bertz CT molecular complexity index is 325. The number of hydrogen-bond donors (Lipinski definition) is 1. The number of Topliss-reactive ketones (excluding diaryl/α,β-unsaturated/α-hetero) is 1. The number of benzene rings is 1. The third-order valence-corrected chi connectivity index (χ3v) is 2.54. The molecule has 0 spiro atoms. The lowest BCUT2D eigenvalue weighted by Gasteiger charge is -2.03. The van der Waals surface area contributed by atoms with Crippen molar-refractivity contribution >= 4 is 33.3 Å². The molecule has 70 valence electrons. The third-order valence-electron chi connectivity index (χ3n) is 1.61. The zero-order valence-corrected chi connectivity index (χ0v) is 9.10.